The lowest BCUT2D eigenvalue weighted by Crippen LogP contribution is -2.42. The van der Waals surface area contributed by atoms with E-state index >= 15 is 0 Å². The van der Waals surface area contributed by atoms with Crippen molar-refractivity contribution in [2.75, 3.05) is 11.1 Å². The van der Waals surface area contributed by atoms with E-state index in [4.69, 9.17) is 12.2 Å². The van der Waals surface area contributed by atoms with Crippen LogP contribution < -0.4 is 5.32 Å². The van der Waals surface area contributed by atoms with E-state index in [9.17, 15) is 8.42 Å². The van der Waals surface area contributed by atoms with Crippen molar-refractivity contribution in [3.05, 3.63) is 76.7 Å². The van der Waals surface area contributed by atoms with Crippen molar-refractivity contribution >= 4 is 32.9 Å². The zero-order valence-corrected chi connectivity index (χ0v) is 16.5. The van der Waals surface area contributed by atoms with Gasteiger partial charge in [0.25, 0.3) is 0 Å². The van der Waals surface area contributed by atoms with E-state index < -0.39 is 9.84 Å². The molecule has 2 aromatic rings. The molecular formula is C20H22N2O2S2. The van der Waals surface area contributed by atoms with Crippen LogP contribution in [0.3, 0.4) is 0 Å². The van der Waals surface area contributed by atoms with E-state index in [1.54, 1.807) is 6.08 Å². The Morgan fingerprint density at radius 1 is 1.15 bits per heavy atom. The molecule has 0 spiro atoms. The first-order valence-corrected chi connectivity index (χ1v) is 10.6. The molecular weight excluding hydrogens is 364 g/mol. The van der Waals surface area contributed by atoms with E-state index in [0.717, 1.165) is 22.4 Å². The third kappa shape index (κ3) is 4.71. The quantitative estimate of drug-likeness (QED) is 0.810. The van der Waals surface area contributed by atoms with Crippen molar-refractivity contribution in [3.8, 4) is 0 Å². The van der Waals surface area contributed by atoms with Crippen molar-refractivity contribution in [3.63, 3.8) is 0 Å². The van der Waals surface area contributed by atoms with Crippen molar-refractivity contribution < 1.29 is 8.42 Å². The molecule has 1 heterocycles. The monoisotopic (exact) mass is 386 g/mol. The summed E-state index contributed by atoms with van der Waals surface area (Å²) in [5.41, 5.74) is 4.28. The maximum Gasteiger partial charge on any atom is 0.174 e. The van der Waals surface area contributed by atoms with Crippen LogP contribution in [-0.4, -0.2) is 30.2 Å². The highest BCUT2D eigenvalue weighted by Crippen LogP contribution is 2.20. The topological polar surface area (TPSA) is 49.4 Å². The van der Waals surface area contributed by atoms with Crippen LogP contribution in [0.25, 0.3) is 0 Å². The number of rotatable bonds is 4. The van der Waals surface area contributed by atoms with Gasteiger partial charge in [0.15, 0.2) is 14.9 Å². The summed E-state index contributed by atoms with van der Waals surface area (Å²) in [7, 11) is -3.16. The number of hydrogen-bond acceptors (Lipinski definition) is 3. The van der Waals surface area contributed by atoms with Crippen LogP contribution in [0.4, 0.5) is 5.69 Å². The Labute approximate surface area is 160 Å². The molecule has 2 aromatic carbocycles. The first kappa shape index (κ1) is 18.6. The molecule has 136 valence electrons. The summed E-state index contributed by atoms with van der Waals surface area (Å²) < 4.78 is 23.8. The van der Waals surface area contributed by atoms with Gasteiger partial charge in [-0.3, -0.25) is 0 Å². The molecule has 0 bridgehead atoms. The standard InChI is InChI=1S/C20H22N2O2S2/c1-15-10-16(2)12-18(11-15)21-20(25)22(13-17-6-4-3-5-7-17)19-8-9-26(23,24)14-19/h3-12,19H,13-14H2,1-2H3,(H,21,25)/t19-/m1/s1. The largest absolute Gasteiger partial charge is 0.337 e. The van der Waals surface area contributed by atoms with Crippen LogP contribution in [-0.2, 0) is 16.4 Å². The number of nitrogens with one attached hydrogen (secondary N) is 1. The minimum absolute atomic E-state index is 0.0501. The maximum absolute atomic E-state index is 11.9. The van der Waals surface area contributed by atoms with Crippen molar-refractivity contribution in [2.24, 2.45) is 0 Å². The summed E-state index contributed by atoms with van der Waals surface area (Å²) in [5, 5.41) is 5.08. The van der Waals surface area contributed by atoms with Crippen LogP contribution in [0.5, 0.6) is 0 Å². The first-order valence-electron chi connectivity index (χ1n) is 8.43. The summed E-state index contributed by atoms with van der Waals surface area (Å²) in [6, 6.07) is 15.8. The molecule has 0 amide bonds. The third-order valence-electron chi connectivity index (χ3n) is 4.24. The SMILES string of the molecule is Cc1cc(C)cc(NC(=S)N(Cc2ccccc2)[C@@H]2C=CS(=O)(=O)C2)c1. The minimum atomic E-state index is -3.16. The Balaban J connectivity index is 1.84. The van der Waals surface area contributed by atoms with Gasteiger partial charge < -0.3 is 10.2 Å². The second-order valence-corrected chi connectivity index (χ2v) is 8.96. The van der Waals surface area contributed by atoms with Crippen LogP contribution in [0.15, 0.2) is 60.0 Å². The molecule has 0 saturated carbocycles. The number of anilines is 1. The van der Waals surface area contributed by atoms with Gasteiger partial charge in [-0.25, -0.2) is 8.42 Å². The van der Waals surface area contributed by atoms with E-state index in [0.29, 0.717) is 11.7 Å². The summed E-state index contributed by atoms with van der Waals surface area (Å²) in [6.07, 6.45) is 1.72. The molecule has 4 nitrogen and oxygen atoms in total. The smallest absolute Gasteiger partial charge is 0.174 e. The Hall–Kier alpha value is -2.18. The van der Waals surface area contributed by atoms with E-state index in [1.807, 2.05) is 61.2 Å². The summed E-state index contributed by atoms with van der Waals surface area (Å²) in [5.74, 6) is 0.0501. The Kier molecular flexibility index (Phi) is 5.44. The van der Waals surface area contributed by atoms with Crippen molar-refractivity contribution in [1.29, 1.82) is 0 Å². The highest BCUT2D eigenvalue weighted by atomic mass is 32.2. The molecule has 6 heteroatoms. The molecule has 0 unspecified atom stereocenters. The van der Waals surface area contributed by atoms with Gasteiger partial charge in [0.1, 0.15) is 0 Å². The fourth-order valence-corrected chi connectivity index (χ4v) is 4.73. The number of hydrogen-bond donors (Lipinski definition) is 1. The molecule has 0 radical (unpaired) electrons. The average Bonchev–Trinajstić information content (AvgIpc) is 2.92. The normalized spacial score (nSPS) is 17.8. The lowest BCUT2D eigenvalue weighted by molar-refractivity contribution is 0.380. The van der Waals surface area contributed by atoms with Crippen LogP contribution >= 0.6 is 12.2 Å². The predicted octanol–water partition coefficient (Wildman–Crippen LogP) is 3.81. The molecule has 1 aliphatic rings. The zero-order chi connectivity index (χ0) is 18.7. The number of thiocarbonyl (C=S) groups is 1. The van der Waals surface area contributed by atoms with Crippen LogP contribution in [0.1, 0.15) is 16.7 Å². The number of sulfone groups is 1. The maximum atomic E-state index is 11.9. The number of aryl methyl sites for hydroxylation is 2. The van der Waals surface area contributed by atoms with E-state index in [2.05, 4.69) is 11.4 Å². The van der Waals surface area contributed by atoms with Crippen molar-refractivity contribution in [2.45, 2.75) is 26.4 Å². The molecule has 1 N–H and O–H groups in total. The lowest BCUT2D eigenvalue weighted by Gasteiger charge is -2.30. The first-order chi connectivity index (χ1) is 12.3. The second kappa shape index (κ2) is 7.60. The number of nitrogens with zero attached hydrogens (tertiary/aromatic N) is 1. The zero-order valence-electron chi connectivity index (χ0n) is 14.8. The molecule has 1 atom stereocenters. The lowest BCUT2D eigenvalue weighted by atomic mass is 10.1. The predicted molar refractivity (Wildman–Crippen MR) is 111 cm³/mol. The average molecular weight is 387 g/mol. The molecule has 0 fully saturated rings. The highest BCUT2D eigenvalue weighted by molar-refractivity contribution is 7.94. The molecule has 0 aliphatic carbocycles. The Morgan fingerprint density at radius 2 is 1.81 bits per heavy atom. The van der Waals surface area contributed by atoms with Gasteiger partial charge in [0.05, 0.1) is 11.8 Å². The van der Waals surface area contributed by atoms with Crippen molar-refractivity contribution in [1.82, 2.24) is 4.90 Å². The summed E-state index contributed by atoms with van der Waals surface area (Å²) >= 11 is 5.64. The minimum Gasteiger partial charge on any atom is -0.337 e. The fourth-order valence-electron chi connectivity index (χ4n) is 3.12. The van der Waals surface area contributed by atoms with Gasteiger partial charge >= 0.3 is 0 Å². The Morgan fingerprint density at radius 3 is 2.38 bits per heavy atom. The fraction of sp³-hybridized carbons (Fsp3) is 0.250. The van der Waals surface area contributed by atoms with E-state index in [1.165, 1.54) is 5.41 Å². The Bertz CT molecular complexity index is 917. The van der Waals surface area contributed by atoms with E-state index in [-0.39, 0.29) is 11.8 Å². The summed E-state index contributed by atoms with van der Waals surface area (Å²) in [4.78, 5) is 1.93. The third-order valence-corrected chi connectivity index (χ3v) is 5.96. The van der Waals surface area contributed by atoms with Gasteiger partial charge in [0, 0.05) is 17.6 Å². The summed E-state index contributed by atoms with van der Waals surface area (Å²) in [6.45, 7) is 4.62. The van der Waals surface area contributed by atoms with Gasteiger partial charge in [0.2, 0.25) is 0 Å². The van der Waals surface area contributed by atoms with Gasteiger partial charge in [-0.2, -0.15) is 0 Å². The van der Waals surface area contributed by atoms with Gasteiger partial charge in [-0.1, -0.05) is 36.4 Å². The number of benzene rings is 2. The highest BCUT2D eigenvalue weighted by Gasteiger charge is 2.29. The van der Waals surface area contributed by atoms with Crippen LogP contribution in [0, 0.1) is 13.8 Å². The van der Waals surface area contributed by atoms with Gasteiger partial charge in [-0.15, -0.1) is 0 Å². The van der Waals surface area contributed by atoms with Gasteiger partial charge in [-0.05, 0) is 61.0 Å². The van der Waals surface area contributed by atoms with Crippen LogP contribution in [0.2, 0.25) is 0 Å². The molecule has 3 rings (SSSR count). The molecule has 1 aliphatic heterocycles. The molecule has 0 saturated heterocycles. The second-order valence-electron chi connectivity index (χ2n) is 6.65. The molecule has 0 aromatic heterocycles. The molecule has 26 heavy (non-hydrogen) atoms.